The number of likely N-dealkylation sites (N-methyl/N-ethyl adjacent to an activating group) is 1. The quantitative estimate of drug-likeness (QED) is 0.561. The van der Waals surface area contributed by atoms with Gasteiger partial charge >= 0.3 is 5.97 Å². The van der Waals surface area contributed by atoms with Gasteiger partial charge in [0.15, 0.2) is 12.4 Å². The molecule has 0 unspecified atom stereocenters. The number of rotatable bonds is 4. The topological polar surface area (TPSA) is 88.3 Å². The van der Waals surface area contributed by atoms with Crippen LogP contribution in [0.4, 0.5) is 0 Å². The van der Waals surface area contributed by atoms with Crippen LogP contribution in [0.1, 0.15) is 27.8 Å². The molecule has 0 radical (unpaired) electrons. The zero-order valence-electron chi connectivity index (χ0n) is 8.99. The van der Waals surface area contributed by atoms with Gasteiger partial charge in [0.1, 0.15) is 5.69 Å². The number of amides is 1. The largest absolute Gasteiger partial charge is 0.451 e. The van der Waals surface area contributed by atoms with Crippen molar-refractivity contribution in [3.63, 3.8) is 0 Å². The highest BCUT2D eigenvalue weighted by molar-refractivity contribution is 5.97. The fourth-order valence-corrected chi connectivity index (χ4v) is 0.996. The van der Waals surface area contributed by atoms with Crippen LogP contribution in [-0.4, -0.2) is 36.3 Å². The third kappa shape index (κ3) is 2.94. The minimum Gasteiger partial charge on any atom is -0.451 e. The highest BCUT2D eigenvalue weighted by Gasteiger charge is 2.12. The molecule has 1 heterocycles. The van der Waals surface area contributed by atoms with Crippen LogP contribution < -0.4 is 5.32 Å². The Balaban J connectivity index is 2.59. The number of esters is 1. The van der Waals surface area contributed by atoms with Gasteiger partial charge in [-0.05, 0) is 13.0 Å². The van der Waals surface area contributed by atoms with Gasteiger partial charge in [-0.15, -0.1) is 0 Å². The van der Waals surface area contributed by atoms with Crippen LogP contribution in [0, 0.1) is 0 Å². The van der Waals surface area contributed by atoms with E-state index in [-0.39, 0.29) is 18.1 Å². The Bertz CT molecular complexity index is 422. The molecule has 0 saturated carbocycles. The number of carbonyl (C=O) groups is 3. The maximum absolute atomic E-state index is 11.4. The van der Waals surface area contributed by atoms with Crippen LogP contribution in [0.15, 0.2) is 12.3 Å². The van der Waals surface area contributed by atoms with Crippen molar-refractivity contribution < 1.29 is 19.1 Å². The smallest absolute Gasteiger partial charge is 0.355 e. The van der Waals surface area contributed by atoms with E-state index in [4.69, 9.17) is 0 Å². The molecule has 0 aliphatic carbocycles. The van der Waals surface area contributed by atoms with Crippen LogP contribution in [0.5, 0.6) is 0 Å². The van der Waals surface area contributed by atoms with E-state index in [9.17, 15) is 14.4 Å². The van der Waals surface area contributed by atoms with Crippen LogP contribution in [0.2, 0.25) is 0 Å². The lowest BCUT2D eigenvalue weighted by Crippen LogP contribution is -2.25. The fraction of sp³-hybridized carbons (Fsp3) is 0.300. The average molecular weight is 224 g/mol. The fourth-order valence-electron chi connectivity index (χ4n) is 0.996. The molecule has 0 atom stereocenters. The third-order valence-corrected chi connectivity index (χ3v) is 1.92. The van der Waals surface area contributed by atoms with Crippen molar-refractivity contribution in [3.8, 4) is 0 Å². The van der Waals surface area contributed by atoms with Gasteiger partial charge in [0.05, 0.1) is 0 Å². The lowest BCUT2D eigenvalue weighted by Gasteiger charge is -2.01. The first-order valence-corrected chi connectivity index (χ1v) is 4.61. The summed E-state index contributed by atoms with van der Waals surface area (Å²) in [7, 11) is 1.44. The molecule has 6 nitrogen and oxygen atoms in total. The number of hydrogen-bond acceptors (Lipinski definition) is 4. The van der Waals surface area contributed by atoms with Crippen molar-refractivity contribution in [2.24, 2.45) is 0 Å². The van der Waals surface area contributed by atoms with Crippen molar-refractivity contribution in [2.45, 2.75) is 6.92 Å². The molecular weight excluding hydrogens is 212 g/mol. The van der Waals surface area contributed by atoms with E-state index in [0.717, 1.165) is 0 Å². The summed E-state index contributed by atoms with van der Waals surface area (Å²) in [5, 5.41) is 2.31. The Labute approximate surface area is 92.0 Å². The molecule has 0 bridgehead atoms. The van der Waals surface area contributed by atoms with Crippen molar-refractivity contribution in [2.75, 3.05) is 13.7 Å². The molecule has 1 aromatic rings. The maximum Gasteiger partial charge on any atom is 0.355 e. The maximum atomic E-state index is 11.4. The summed E-state index contributed by atoms with van der Waals surface area (Å²) in [6.45, 7) is 1.05. The standard InChI is InChI=1S/C10H12N2O4/c1-6(13)7-3-8(12-4-7)10(15)16-5-9(14)11-2/h3-4,12H,5H2,1-2H3,(H,11,14). The number of ketones is 1. The predicted octanol–water partition coefficient (Wildman–Crippen LogP) is 0.120. The molecule has 1 aromatic heterocycles. The van der Waals surface area contributed by atoms with Crippen LogP contribution in [-0.2, 0) is 9.53 Å². The zero-order chi connectivity index (χ0) is 12.1. The van der Waals surface area contributed by atoms with E-state index in [1.807, 2.05) is 0 Å². The molecule has 0 aliphatic heterocycles. The van der Waals surface area contributed by atoms with Crippen LogP contribution in [0.3, 0.4) is 0 Å². The lowest BCUT2D eigenvalue weighted by molar-refractivity contribution is -0.123. The van der Waals surface area contributed by atoms with Gasteiger partial charge in [0.25, 0.3) is 5.91 Å². The number of aromatic nitrogens is 1. The molecule has 1 rings (SSSR count). The van der Waals surface area contributed by atoms with E-state index in [2.05, 4.69) is 15.0 Å². The second-order valence-corrected chi connectivity index (χ2v) is 3.11. The Morgan fingerprint density at radius 1 is 1.44 bits per heavy atom. The first-order valence-electron chi connectivity index (χ1n) is 4.61. The molecule has 16 heavy (non-hydrogen) atoms. The number of aromatic amines is 1. The number of Topliss-reactive ketones (excluding diaryl/α,β-unsaturated/α-hetero) is 1. The van der Waals surface area contributed by atoms with Crippen LogP contribution >= 0.6 is 0 Å². The van der Waals surface area contributed by atoms with Gasteiger partial charge in [-0.2, -0.15) is 0 Å². The SMILES string of the molecule is CNC(=O)COC(=O)c1cc(C(C)=O)c[nH]1. The third-order valence-electron chi connectivity index (χ3n) is 1.92. The summed E-state index contributed by atoms with van der Waals surface area (Å²) >= 11 is 0. The van der Waals surface area contributed by atoms with Crippen molar-refractivity contribution in [1.29, 1.82) is 0 Å². The number of ether oxygens (including phenoxy) is 1. The normalized spacial score (nSPS) is 9.62. The Hall–Kier alpha value is -2.11. The predicted molar refractivity (Wildman–Crippen MR) is 55.1 cm³/mol. The van der Waals surface area contributed by atoms with Gasteiger partial charge in [0.2, 0.25) is 0 Å². The molecule has 0 aromatic carbocycles. The molecule has 0 fully saturated rings. The summed E-state index contributed by atoms with van der Waals surface area (Å²) < 4.78 is 4.68. The van der Waals surface area contributed by atoms with Gasteiger partial charge in [-0.3, -0.25) is 9.59 Å². The molecule has 0 aliphatic rings. The second-order valence-electron chi connectivity index (χ2n) is 3.11. The van der Waals surface area contributed by atoms with E-state index < -0.39 is 11.9 Å². The summed E-state index contributed by atoms with van der Waals surface area (Å²) in [6, 6.07) is 1.38. The van der Waals surface area contributed by atoms with Gasteiger partial charge < -0.3 is 15.0 Å². The van der Waals surface area contributed by atoms with E-state index >= 15 is 0 Å². The Kier molecular flexibility index (Phi) is 3.82. The highest BCUT2D eigenvalue weighted by atomic mass is 16.5. The first-order chi connectivity index (χ1) is 7.54. The lowest BCUT2D eigenvalue weighted by atomic mass is 10.2. The molecule has 0 saturated heterocycles. The number of carbonyl (C=O) groups excluding carboxylic acids is 3. The summed E-state index contributed by atoms with van der Waals surface area (Å²) in [5.74, 6) is -1.22. The van der Waals surface area contributed by atoms with Crippen LogP contribution in [0.25, 0.3) is 0 Å². The van der Waals surface area contributed by atoms with E-state index in [0.29, 0.717) is 5.56 Å². The summed E-state index contributed by atoms with van der Waals surface area (Å²) in [4.78, 5) is 35.7. The molecule has 86 valence electrons. The van der Waals surface area contributed by atoms with Crippen molar-refractivity contribution in [3.05, 3.63) is 23.5 Å². The van der Waals surface area contributed by atoms with Gasteiger partial charge in [-0.25, -0.2) is 4.79 Å². The van der Waals surface area contributed by atoms with E-state index in [1.165, 1.54) is 26.2 Å². The van der Waals surface area contributed by atoms with Crippen molar-refractivity contribution >= 4 is 17.7 Å². The number of hydrogen-bond donors (Lipinski definition) is 2. The Morgan fingerprint density at radius 2 is 2.12 bits per heavy atom. The molecule has 1 amide bonds. The average Bonchev–Trinajstić information content (AvgIpc) is 2.74. The van der Waals surface area contributed by atoms with Crippen molar-refractivity contribution in [1.82, 2.24) is 10.3 Å². The second kappa shape index (κ2) is 5.11. The molecule has 0 spiro atoms. The monoisotopic (exact) mass is 224 g/mol. The zero-order valence-corrected chi connectivity index (χ0v) is 8.99. The minimum absolute atomic E-state index is 0.147. The van der Waals surface area contributed by atoms with Gasteiger partial charge in [-0.1, -0.05) is 0 Å². The Morgan fingerprint density at radius 3 is 2.62 bits per heavy atom. The minimum atomic E-state index is -0.670. The summed E-state index contributed by atoms with van der Waals surface area (Å²) in [5.41, 5.74) is 0.543. The highest BCUT2D eigenvalue weighted by Crippen LogP contribution is 2.05. The number of H-pyrrole nitrogens is 1. The molecular formula is C10H12N2O4. The molecule has 2 N–H and O–H groups in total. The first kappa shape index (κ1) is 12.0. The van der Waals surface area contributed by atoms with E-state index in [1.54, 1.807) is 0 Å². The number of nitrogens with one attached hydrogen (secondary N) is 2. The molecule has 6 heteroatoms. The summed E-state index contributed by atoms with van der Waals surface area (Å²) in [6.07, 6.45) is 1.42. The van der Waals surface area contributed by atoms with Gasteiger partial charge in [0, 0.05) is 18.8 Å².